The van der Waals surface area contributed by atoms with Crippen LogP contribution in [0.5, 0.6) is 0 Å². The summed E-state index contributed by atoms with van der Waals surface area (Å²) >= 11 is 0. The Kier molecular flexibility index (Phi) is 9.06. The van der Waals surface area contributed by atoms with Gasteiger partial charge in [0.15, 0.2) is 0 Å². The lowest BCUT2D eigenvalue weighted by molar-refractivity contribution is -0.0133. The molecule has 4 rings (SSSR count). The molecule has 0 aliphatic heterocycles. The molecule has 4 aliphatic rings. The Balaban J connectivity index is 1.23. The van der Waals surface area contributed by atoms with Crippen molar-refractivity contribution in [2.75, 3.05) is 19.6 Å². The van der Waals surface area contributed by atoms with Gasteiger partial charge in [-0.3, -0.25) is 0 Å². The minimum Gasteiger partial charge on any atom is -0.312 e. The van der Waals surface area contributed by atoms with Gasteiger partial charge in [-0.1, -0.05) is 34.9 Å². The van der Waals surface area contributed by atoms with Crippen molar-refractivity contribution >= 4 is 0 Å². The van der Waals surface area contributed by atoms with Gasteiger partial charge in [0, 0.05) is 25.7 Å². The van der Waals surface area contributed by atoms with Gasteiger partial charge < -0.3 is 10.6 Å². The molecular formula is C27H46N2. The summed E-state index contributed by atoms with van der Waals surface area (Å²) in [6.07, 6.45) is 19.5. The molecule has 4 aliphatic carbocycles. The van der Waals surface area contributed by atoms with E-state index in [1.807, 2.05) is 0 Å². The van der Waals surface area contributed by atoms with Crippen LogP contribution in [0.15, 0.2) is 34.9 Å². The second kappa shape index (κ2) is 11.5. The lowest BCUT2D eigenvalue weighted by Crippen LogP contribution is -2.55. The smallest absolute Gasteiger partial charge is 0.0137 e. The van der Waals surface area contributed by atoms with Crippen LogP contribution in [0.1, 0.15) is 85.5 Å². The fraction of sp³-hybridized carbons (Fsp3) is 0.778. The van der Waals surface area contributed by atoms with Crippen LogP contribution in [-0.2, 0) is 0 Å². The zero-order valence-electron chi connectivity index (χ0n) is 19.6. The highest BCUT2D eigenvalue weighted by Crippen LogP contribution is 2.53. The average Bonchev–Trinajstić information content (AvgIpc) is 2.65. The van der Waals surface area contributed by atoms with Gasteiger partial charge in [-0.15, -0.1) is 0 Å². The first-order valence-electron chi connectivity index (χ1n) is 12.4. The van der Waals surface area contributed by atoms with Crippen LogP contribution in [0.2, 0.25) is 0 Å². The largest absolute Gasteiger partial charge is 0.312 e. The van der Waals surface area contributed by atoms with E-state index < -0.39 is 0 Å². The van der Waals surface area contributed by atoms with E-state index in [1.54, 1.807) is 6.42 Å². The molecule has 0 heterocycles. The molecule has 0 spiro atoms. The molecule has 0 amide bonds. The molecule has 4 fully saturated rings. The zero-order valence-corrected chi connectivity index (χ0v) is 19.6. The maximum absolute atomic E-state index is 3.93. The molecule has 2 heteroatoms. The molecule has 2 nitrogen and oxygen atoms in total. The van der Waals surface area contributed by atoms with Crippen molar-refractivity contribution in [3.8, 4) is 0 Å². The summed E-state index contributed by atoms with van der Waals surface area (Å²) in [6, 6.07) is 0.827. The minimum absolute atomic E-state index is 0.827. The van der Waals surface area contributed by atoms with Gasteiger partial charge in [-0.05, 0) is 109 Å². The third-order valence-corrected chi connectivity index (χ3v) is 7.63. The predicted molar refractivity (Wildman–Crippen MR) is 127 cm³/mol. The molecule has 0 unspecified atom stereocenters. The molecule has 0 atom stereocenters. The van der Waals surface area contributed by atoms with Crippen LogP contribution in [0.4, 0.5) is 0 Å². The molecule has 0 saturated heterocycles. The van der Waals surface area contributed by atoms with Gasteiger partial charge in [-0.2, -0.15) is 0 Å². The van der Waals surface area contributed by atoms with E-state index in [0.717, 1.165) is 49.3 Å². The standard InChI is InChI=1S/C27H46N2/c1-20(2)7-5-8-21(3)9-6-10-22(4)11-12-28-13-14-29-27-25-16-23-15-24(18-25)19-26(27)17-23/h7,9,11,23-29H,5-6,8,10,12-19H2,1-4H3/b21-9+,22-11+. The van der Waals surface area contributed by atoms with Crippen molar-refractivity contribution in [1.82, 2.24) is 10.6 Å². The first kappa shape index (κ1) is 22.8. The Labute approximate surface area is 180 Å². The van der Waals surface area contributed by atoms with Crippen molar-refractivity contribution in [3.63, 3.8) is 0 Å². The Morgan fingerprint density at radius 2 is 1.31 bits per heavy atom. The third kappa shape index (κ3) is 7.40. The molecule has 29 heavy (non-hydrogen) atoms. The minimum atomic E-state index is 0.827. The highest BCUT2D eigenvalue weighted by molar-refractivity contribution is 5.06. The molecular weight excluding hydrogens is 352 g/mol. The van der Waals surface area contributed by atoms with E-state index in [2.05, 4.69) is 56.6 Å². The molecule has 164 valence electrons. The molecule has 4 bridgehead atoms. The second-order valence-electron chi connectivity index (χ2n) is 10.6. The lowest BCUT2D eigenvalue weighted by Gasteiger charge is -2.54. The number of hydrogen-bond acceptors (Lipinski definition) is 2. The average molecular weight is 399 g/mol. The fourth-order valence-electron chi connectivity index (χ4n) is 6.27. The molecule has 0 aromatic heterocycles. The van der Waals surface area contributed by atoms with Gasteiger partial charge in [0.05, 0.1) is 0 Å². The van der Waals surface area contributed by atoms with Crippen molar-refractivity contribution in [2.24, 2.45) is 23.7 Å². The first-order chi connectivity index (χ1) is 14.0. The monoisotopic (exact) mass is 398 g/mol. The van der Waals surface area contributed by atoms with Crippen LogP contribution in [-0.4, -0.2) is 25.7 Å². The normalized spacial score (nSPS) is 31.4. The maximum atomic E-state index is 3.93. The summed E-state index contributed by atoms with van der Waals surface area (Å²) < 4.78 is 0. The van der Waals surface area contributed by atoms with Crippen molar-refractivity contribution in [2.45, 2.75) is 91.5 Å². The van der Waals surface area contributed by atoms with E-state index in [9.17, 15) is 0 Å². The Morgan fingerprint density at radius 1 is 0.724 bits per heavy atom. The van der Waals surface area contributed by atoms with Gasteiger partial charge >= 0.3 is 0 Å². The SMILES string of the molecule is CC(C)=CCC/C(C)=C/CC/C(C)=C/CNCCNC1C2CC3CC(C2)CC1C3. The summed E-state index contributed by atoms with van der Waals surface area (Å²) in [7, 11) is 0. The highest BCUT2D eigenvalue weighted by Gasteiger charge is 2.47. The topological polar surface area (TPSA) is 24.1 Å². The highest BCUT2D eigenvalue weighted by atomic mass is 15.0. The van der Waals surface area contributed by atoms with Gasteiger partial charge in [0.2, 0.25) is 0 Å². The molecule has 2 N–H and O–H groups in total. The van der Waals surface area contributed by atoms with E-state index >= 15 is 0 Å². The number of allylic oxidation sites excluding steroid dienone is 5. The Morgan fingerprint density at radius 3 is 1.93 bits per heavy atom. The number of rotatable bonds is 12. The van der Waals surface area contributed by atoms with Crippen molar-refractivity contribution in [3.05, 3.63) is 34.9 Å². The van der Waals surface area contributed by atoms with E-state index in [0.29, 0.717) is 0 Å². The number of nitrogens with one attached hydrogen (secondary N) is 2. The van der Waals surface area contributed by atoms with Gasteiger partial charge in [0.25, 0.3) is 0 Å². The van der Waals surface area contributed by atoms with Crippen molar-refractivity contribution < 1.29 is 0 Å². The van der Waals surface area contributed by atoms with Crippen LogP contribution < -0.4 is 10.6 Å². The van der Waals surface area contributed by atoms with Crippen LogP contribution >= 0.6 is 0 Å². The summed E-state index contributed by atoms with van der Waals surface area (Å²) in [6.45, 7) is 12.2. The molecule has 0 aromatic rings. The summed E-state index contributed by atoms with van der Waals surface area (Å²) in [5, 5.41) is 7.54. The van der Waals surface area contributed by atoms with E-state index in [-0.39, 0.29) is 0 Å². The Bertz CT molecular complexity index is 566. The molecule has 0 aromatic carbocycles. The number of hydrogen-bond donors (Lipinski definition) is 2. The summed E-state index contributed by atoms with van der Waals surface area (Å²) in [5.41, 5.74) is 4.47. The van der Waals surface area contributed by atoms with Crippen molar-refractivity contribution in [1.29, 1.82) is 0 Å². The van der Waals surface area contributed by atoms with Gasteiger partial charge in [0.1, 0.15) is 0 Å². The predicted octanol–water partition coefficient (Wildman–Crippen LogP) is 6.41. The van der Waals surface area contributed by atoms with E-state index in [4.69, 9.17) is 0 Å². The zero-order chi connectivity index (χ0) is 20.6. The van der Waals surface area contributed by atoms with Crippen LogP contribution in [0.25, 0.3) is 0 Å². The lowest BCUT2D eigenvalue weighted by atomic mass is 9.54. The molecule has 4 saturated carbocycles. The maximum Gasteiger partial charge on any atom is 0.0137 e. The van der Waals surface area contributed by atoms with E-state index in [1.165, 1.54) is 68.1 Å². The first-order valence-corrected chi connectivity index (χ1v) is 12.4. The second-order valence-corrected chi connectivity index (χ2v) is 10.6. The third-order valence-electron chi connectivity index (χ3n) is 7.63. The quantitative estimate of drug-likeness (QED) is 0.293. The van der Waals surface area contributed by atoms with Crippen LogP contribution in [0.3, 0.4) is 0 Å². The van der Waals surface area contributed by atoms with Crippen LogP contribution in [0, 0.1) is 23.7 Å². The molecule has 0 radical (unpaired) electrons. The summed E-state index contributed by atoms with van der Waals surface area (Å²) in [4.78, 5) is 0. The van der Waals surface area contributed by atoms with Gasteiger partial charge in [-0.25, -0.2) is 0 Å². The fourth-order valence-corrected chi connectivity index (χ4v) is 6.27. The summed E-state index contributed by atoms with van der Waals surface area (Å²) in [5.74, 6) is 4.15. The Hall–Kier alpha value is -0.860.